The number of hydrogen-bond acceptors (Lipinski definition) is 4. The number of aromatic nitrogens is 1. The molecular formula is C14H22N2O2. The number of hydrogen-bond donors (Lipinski definition) is 0. The van der Waals surface area contributed by atoms with Gasteiger partial charge in [0.1, 0.15) is 0 Å². The highest BCUT2D eigenvalue weighted by atomic mass is 16.5. The third kappa shape index (κ3) is 4.84. The molecule has 0 radical (unpaired) electrons. The molecule has 1 unspecified atom stereocenters. The molecule has 1 atom stereocenters. The van der Waals surface area contributed by atoms with Crippen LogP contribution in [0.4, 0.5) is 0 Å². The van der Waals surface area contributed by atoms with Gasteiger partial charge in [0.2, 0.25) is 0 Å². The Morgan fingerprint density at radius 1 is 1.50 bits per heavy atom. The second kappa shape index (κ2) is 7.82. The SMILES string of the molecule is CCC(CN(C)CCc1ccccn1)C(=O)OC. The number of rotatable bonds is 7. The zero-order chi connectivity index (χ0) is 13.4. The molecule has 0 saturated carbocycles. The monoisotopic (exact) mass is 250 g/mol. The van der Waals surface area contributed by atoms with E-state index in [1.165, 1.54) is 7.11 Å². The highest BCUT2D eigenvalue weighted by molar-refractivity contribution is 5.72. The first-order valence-electron chi connectivity index (χ1n) is 6.33. The molecule has 1 aromatic rings. The average Bonchev–Trinajstić information content (AvgIpc) is 2.42. The van der Waals surface area contributed by atoms with Crippen molar-refractivity contribution in [2.45, 2.75) is 19.8 Å². The largest absolute Gasteiger partial charge is 0.469 e. The molecule has 4 nitrogen and oxygen atoms in total. The number of methoxy groups -OCH3 is 1. The van der Waals surface area contributed by atoms with Crippen molar-refractivity contribution < 1.29 is 9.53 Å². The van der Waals surface area contributed by atoms with Gasteiger partial charge in [0.15, 0.2) is 0 Å². The fraction of sp³-hybridized carbons (Fsp3) is 0.571. The predicted octanol–water partition coefficient (Wildman–Crippen LogP) is 1.76. The van der Waals surface area contributed by atoms with Crippen LogP contribution in [0.5, 0.6) is 0 Å². The summed E-state index contributed by atoms with van der Waals surface area (Å²) in [6.07, 6.45) is 3.51. The van der Waals surface area contributed by atoms with E-state index in [0.29, 0.717) is 0 Å². The molecule has 0 saturated heterocycles. The van der Waals surface area contributed by atoms with E-state index in [1.54, 1.807) is 6.20 Å². The van der Waals surface area contributed by atoms with E-state index in [4.69, 9.17) is 4.74 Å². The molecule has 0 amide bonds. The molecule has 0 aliphatic rings. The van der Waals surface area contributed by atoms with Crippen LogP contribution in [-0.2, 0) is 16.0 Å². The van der Waals surface area contributed by atoms with Gasteiger partial charge in [0.25, 0.3) is 0 Å². The second-order valence-corrected chi connectivity index (χ2v) is 4.46. The Labute approximate surface area is 109 Å². The van der Waals surface area contributed by atoms with Crippen molar-refractivity contribution in [3.05, 3.63) is 30.1 Å². The van der Waals surface area contributed by atoms with Gasteiger partial charge >= 0.3 is 5.97 Å². The average molecular weight is 250 g/mol. The summed E-state index contributed by atoms with van der Waals surface area (Å²) in [5, 5.41) is 0. The summed E-state index contributed by atoms with van der Waals surface area (Å²) in [4.78, 5) is 17.9. The lowest BCUT2D eigenvalue weighted by Crippen LogP contribution is -2.32. The third-order valence-electron chi connectivity index (χ3n) is 3.04. The Balaban J connectivity index is 2.36. The molecule has 18 heavy (non-hydrogen) atoms. The molecule has 0 fully saturated rings. The van der Waals surface area contributed by atoms with Gasteiger partial charge in [-0.25, -0.2) is 0 Å². The lowest BCUT2D eigenvalue weighted by atomic mass is 10.1. The Hall–Kier alpha value is -1.42. The molecule has 0 aromatic carbocycles. The highest BCUT2D eigenvalue weighted by Gasteiger charge is 2.18. The van der Waals surface area contributed by atoms with Crippen molar-refractivity contribution in [1.82, 2.24) is 9.88 Å². The maximum atomic E-state index is 11.5. The van der Waals surface area contributed by atoms with Gasteiger partial charge in [0, 0.05) is 31.4 Å². The fourth-order valence-electron chi connectivity index (χ4n) is 1.86. The van der Waals surface area contributed by atoms with Crippen LogP contribution in [0.3, 0.4) is 0 Å². The molecule has 1 rings (SSSR count). The van der Waals surface area contributed by atoms with E-state index in [9.17, 15) is 4.79 Å². The van der Waals surface area contributed by atoms with Gasteiger partial charge in [-0.3, -0.25) is 9.78 Å². The summed E-state index contributed by atoms with van der Waals surface area (Å²) < 4.78 is 4.79. The Morgan fingerprint density at radius 2 is 2.28 bits per heavy atom. The Morgan fingerprint density at radius 3 is 2.83 bits per heavy atom. The zero-order valence-corrected chi connectivity index (χ0v) is 11.4. The van der Waals surface area contributed by atoms with E-state index in [-0.39, 0.29) is 11.9 Å². The molecule has 0 aliphatic carbocycles. The summed E-state index contributed by atoms with van der Waals surface area (Å²) in [6, 6.07) is 5.93. The van der Waals surface area contributed by atoms with Gasteiger partial charge in [-0.1, -0.05) is 13.0 Å². The van der Waals surface area contributed by atoms with E-state index < -0.39 is 0 Å². The lowest BCUT2D eigenvalue weighted by molar-refractivity contribution is -0.146. The van der Waals surface area contributed by atoms with Gasteiger partial charge in [-0.2, -0.15) is 0 Å². The Kier molecular flexibility index (Phi) is 6.36. The minimum absolute atomic E-state index is 0.0382. The van der Waals surface area contributed by atoms with Crippen LogP contribution in [0.25, 0.3) is 0 Å². The standard InChI is InChI=1S/C14H22N2O2/c1-4-12(14(17)18-3)11-16(2)10-8-13-7-5-6-9-15-13/h5-7,9,12H,4,8,10-11H2,1-3H3. The van der Waals surface area contributed by atoms with Crippen LogP contribution in [-0.4, -0.2) is 43.1 Å². The van der Waals surface area contributed by atoms with Crippen molar-refractivity contribution in [1.29, 1.82) is 0 Å². The summed E-state index contributed by atoms with van der Waals surface area (Å²) in [7, 11) is 3.47. The third-order valence-corrected chi connectivity index (χ3v) is 3.04. The number of carbonyl (C=O) groups excluding carboxylic acids is 1. The quantitative estimate of drug-likeness (QED) is 0.692. The lowest BCUT2D eigenvalue weighted by Gasteiger charge is -2.21. The number of carbonyl (C=O) groups is 1. The molecular weight excluding hydrogens is 228 g/mol. The van der Waals surface area contributed by atoms with Crippen molar-refractivity contribution >= 4 is 5.97 Å². The van der Waals surface area contributed by atoms with Crippen LogP contribution >= 0.6 is 0 Å². The predicted molar refractivity (Wildman–Crippen MR) is 71.2 cm³/mol. The first kappa shape index (κ1) is 14.6. The van der Waals surface area contributed by atoms with E-state index in [0.717, 1.165) is 31.6 Å². The first-order chi connectivity index (χ1) is 8.67. The molecule has 100 valence electrons. The maximum Gasteiger partial charge on any atom is 0.309 e. The van der Waals surface area contributed by atoms with Crippen LogP contribution in [0.2, 0.25) is 0 Å². The van der Waals surface area contributed by atoms with Crippen molar-refractivity contribution in [2.24, 2.45) is 5.92 Å². The minimum Gasteiger partial charge on any atom is -0.469 e. The fourth-order valence-corrected chi connectivity index (χ4v) is 1.86. The zero-order valence-electron chi connectivity index (χ0n) is 11.4. The summed E-state index contributed by atoms with van der Waals surface area (Å²) in [6.45, 7) is 3.63. The van der Waals surface area contributed by atoms with Crippen molar-refractivity contribution in [3.8, 4) is 0 Å². The topological polar surface area (TPSA) is 42.4 Å². The smallest absolute Gasteiger partial charge is 0.309 e. The Bertz CT molecular complexity index is 354. The maximum absolute atomic E-state index is 11.5. The van der Waals surface area contributed by atoms with E-state index in [2.05, 4.69) is 9.88 Å². The normalized spacial score (nSPS) is 12.4. The number of likely N-dealkylation sites (N-methyl/N-ethyl adjacent to an activating group) is 1. The molecule has 0 aliphatic heterocycles. The van der Waals surface area contributed by atoms with Crippen LogP contribution < -0.4 is 0 Å². The number of pyridine rings is 1. The van der Waals surface area contributed by atoms with Crippen LogP contribution in [0, 0.1) is 5.92 Å². The summed E-state index contributed by atoms with van der Waals surface area (Å²) >= 11 is 0. The number of esters is 1. The molecule has 0 N–H and O–H groups in total. The second-order valence-electron chi connectivity index (χ2n) is 4.46. The molecule has 4 heteroatoms. The van der Waals surface area contributed by atoms with E-state index >= 15 is 0 Å². The van der Waals surface area contributed by atoms with Gasteiger partial charge in [-0.15, -0.1) is 0 Å². The minimum atomic E-state index is -0.123. The van der Waals surface area contributed by atoms with Gasteiger partial charge < -0.3 is 9.64 Å². The molecule has 1 heterocycles. The number of ether oxygens (including phenoxy) is 1. The van der Waals surface area contributed by atoms with Gasteiger partial charge in [-0.05, 0) is 25.6 Å². The van der Waals surface area contributed by atoms with Crippen molar-refractivity contribution in [2.75, 3.05) is 27.2 Å². The number of nitrogens with zero attached hydrogens (tertiary/aromatic N) is 2. The highest BCUT2D eigenvalue weighted by Crippen LogP contribution is 2.07. The summed E-state index contributed by atoms with van der Waals surface area (Å²) in [5.41, 5.74) is 1.08. The van der Waals surface area contributed by atoms with Crippen LogP contribution in [0.1, 0.15) is 19.0 Å². The van der Waals surface area contributed by atoms with E-state index in [1.807, 2.05) is 32.2 Å². The van der Waals surface area contributed by atoms with Gasteiger partial charge in [0.05, 0.1) is 13.0 Å². The van der Waals surface area contributed by atoms with Crippen LogP contribution in [0.15, 0.2) is 24.4 Å². The molecule has 0 spiro atoms. The molecule has 1 aromatic heterocycles. The van der Waals surface area contributed by atoms with Crippen molar-refractivity contribution in [3.63, 3.8) is 0 Å². The summed E-state index contributed by atoms with van der Waals surface area (Å²) in [5.74, 6) is -0.161. The first-order valence-corrected chi connectivity index (χ1v) is 6.33. The molecule has 0 bridgehead atoms.